The van der Waals surface area contributed by atoms with Gasteiger partial charge in [0, 0.05) is 32.2 Å². The van der Waals surface area contributed by atoms with Crippen molar-refractivity contribution in [1.82, 2.24) is 10.2 Å². The Morgan fingerprint density at radius 1 is 1.37 bits per heavy atom. The van der Waals surface area contributed by atoms with Crippen molar-refractivity contribution in [3.05, 3.63) is 34.9 Å². The van der Waals surface area contributed by atoms with Crippen LogP contribution in [0.5, 0.6) is 0 Å². The minimum absolute atomic E-state index is 0.776. The number of benzene rings is 1. The van der Waals surface area contributed by atoms with Crippen molar-refractivity contribution >= 4 is 17.6 Å². The second-order valence-corrected chi connectivity index (χ2v) is 5.63. The molecular weight excluding hydrogens is 258 g/mol. The van der Waals surface area contributed by atoms with Gasteiger partial charge in [-0.15, -0.1) is 0 Å². The van der Waals surface area contributed by atoms with Crippen LogP contribution >= 0.6 is 11.6 Å². The van der Waals surface area contributed by atoms with Crippen molar-refractivity contribution in [3.8, 4) is 0 Å². The normalized spacial score (nSPS) is 15.4. The van der Waals surface area contributed by atoms with E-state index in [1.165, 1.54) is 24.8 Å². The van der Waals surface area contributed by atoms with Crippen molar-refractivity contribution in [2.45, 2.75) is 25.8 Å². The van der Waals surface area contributed by atoms with E-state index in [4.69, 9.17) is 11.6 Å². The van der Waals surface area contributed by atoms with Crippen LogP contribution in [0.4, 0.5) is 0 Å². The number of hydrogen-bond acceptors (Lipinski definition) is 1. The quantitative estimate of drug-likeness (QED) is 0.662. The molecule has 0 aromatic heterocycles. The summed E-state index contributed by atoms with van der Waals surface area (Å²) in [6.45, 7) is 1.85. The lowest BCUT2D eigenvalue weighted by Crippen LogP contribution is -2.38. The van der Waals surface area contributed by atoms with Crippen LogP contribution in [-0.2, 0) is 6.54 Å². The highest BCUT2D eigenvalue weighted by Crippen LogP contribution is 2.31. The maximum Gasteiger partial charge on any atom is 0.193 e. The van der Waals surface area contributed by atoms with E-state index in [0.717, 1.165) is 30.0 Å². The Morgan fingerprint density at radius 2 is 2.05 bits per heavy atom. The molecule has 0 saturated heterocycles. The van der Waals surface area contributed by atoms with Crippen LogP contribution in [0.1, 0.15) is 24.8 Å². The summed E-state index contributed by atoms with van der Waals surface area (Å²) in [5, 5.41) is 4.20. The van der Waals surface area contributed by atoms with Gasteiger partial charge in [-0.3, -0.25) is 4.99 Å². The molecule has 1 saturated carbocycles. The molecule has 1 aliphatic rings. The lowest BCUT2D eigenvalue weighted by Gasteiger charge is -2.22. The van der Waals surface area contributed by atoms with Gasteiger partial charge in [-0.05, 0) is 30.0 Å². The topological polar surface area (TPSA) is 27.6 Å². The van der Waals surface area contributed by atoms with Gasteiger partial charge in [0.25, 0.3) is 0 Å². The van der Waals surface area contributed by atoms with E-state index in [1.54, 1.807) is 0 Å². The van der Waals surface area contributed by atoms with Gasteiger partial charge in [-0.1, -0.05) is 36.6 Å². The number of nitrogens with zero attached hydrogens (tertiary/aromatic N) is 2. The number of nitrogens with one attached hydrogen (secondary N) is 1. The zero-order valence-electron chi connectivity index (χ0n) is 11.7. The molecule has 2 rings (SSSR count). The van der Waals surface area contributed by atoms with Gasteiger partial charge in [0.05, 0.1) is 0 Å². The van der Waals surface area contributed by atoms with Gasteiger partial charge in [0.1, 0.15) is 0 Å². The zero-order chi connectivity index (χ0) is 13.7. The first kappa shape index (κ1) is 14.2. The lowest BCUT2D eigenvalue weighted by molar-refractivity contribution is 0.474. The number of rotatable bonds is 5. The average Bonchev–Trinajstić information content (AvgIpc) is 3.21. The van der Waals surface area contributed by atoms with E-state index in [2.05, 4.69) is 34.4 Å². The van der Waals surface area contributed by atoms with E-state index in [9.17, 15) is 0 Å². The summed E-state index contributed by atoms with van der Waals surface area (Å²) in [5.41, 5.74) is 1.23. The molecule has 1 aromatic carbocycles. The first-order valence-corrected chi connectivity index (χ1v) is 7.23. The molecule has 19 heavy (non-hydrogen) atoms. The molecule has 0 spiro atoms. The van der Waals surface area contributed by atoms with Crippen LogP contribution in [0.25, 0.3) is 0 Å². The van der Waals surface area contributed by atoms with E-state index >= 15 is 0 Å². The minimum atomic E-state index is 0.776. The van der Waals surface area contributed by atoms with Gasteiger partial charge >= 0.3 is 0 Å². The summed E-state index contributed by atoms with van der Waals surface area (Å²) in [4.78, 5) is 6.46. The molecule has 0 unspecified atom stereocenters. The molecule has 0 amide bonds. The molecule has 4 heteroatoms. The molecule has 0 heterocycles. The molecule has 1 aliphatic carbocycles. The van der Waals surface area contributed by atoms with Crippen molar-refractivity contribution in [2.24, 2.45) is 10.9 Å². The number of halogens is 1. The Hall–Kier alpha value is -1.22. The van der Waals surface area contributed by atoms with Crippen LogP contribution in [0.3, 0.4) is 0 Å². The van der Waals surface area contributed by atoms with Gasteiger partial charge in [0.2, 0.25) is 0 Å². The van der Waals surface area contributed by atoms with Crippen molar-refractivity contribution in [3.63, 3.8) is 0 Å². The smallest absolute Gasteiger partial charge is 0.193 e. The fourth-order valence-electron chi connectivity index (χ4n) is 2.12. The molecule has 3 nitrogen and oxygen atoms in total. The third-order valence-corrected chi connectivity index (χ3v) is 3.69. The SMILES string of the molecule is CN=C(NCCC1CC1)N(C)Cc1ccc(Cl)cc1. The monoisotopic (exact) mass is 279 g/mol. The Morgan fingerprint density at radius 3 is 2.63 bits per heavy atom. The van der Waals surface area contributed by atoms with Crippen LogP contribution in [0.15, 0.2) is 29.3 Å². The average molecular weight is 280 g/mol. The summed E-state index contributed by atoms with van der Waals surface area (Å²) < 4.78 is 0. The molecule has 0 aliphatic heterocycles. The molecule has 1 N–H and O–H groups in total. The Bertz CT molecular complexity index is 424. The summed E-state index contributed by atoms with van der Waals surface area (Å²) >= 11 is 5.89. The first-order valence-electron chi connectivity index (χ1n) is 6.85. The van der Waals surface area contributed by atoms with E-state index in [1.807, 2.05) is 19.2 Å². The molecular formula is C15H22ClN3. The van der Waals surface area contributed by atoms with Gasteiger partial charge in [0.15, 0.2) is 5.96 Å². The Labute approximate surface area is 120 Å². The fourth-order valence-corrected chi connectivity index (χ4v) is 2.24. The highest BCUT2D eigenvalue weighted by Gasteiger charge is 2.20. The zero-order valence-corrected chi connectivity index (χ0v) is 12.5. The first-order chi connectivity index (χ1) is 9.19. The summed E-state index contributed by atoms with van der Waals surface area (Å²) in [5.74, 6) is 1.91. The number of aliphatic imine (C=N–C) groups is 1. The number of guanidine groups is 1. The molecule has 1 fully saturated rings. The van der Waals surface area contributed by atoms with Crippen molar-refractivity contribution in [2.75, 3.05) is 20.6 Å². The van der Waals surface area contributed by atoms with Gasteiger partial charge < -0.3 is 10.2 Å². The maximum atomic E-state index is 5.89. The second-order valence-electron chi connectivity index (χ2n) is 5.19. The van der Waals surface area contributed by atoms with Crippen molar-refractivity contribution < 1.29 is 0 Å². The van der Waals surface area contributed by atoms with E-state index < -0.39 is 0 Å². The summed E-state index contributed by atoms with van der Waals surface area (Å²) in [6, 6.07) is 7.95. The summed E-state index contributed by atoms with van der Waals surface area (Å²) in [7, 11) is 3.89. The third kappa shape index (κ3) is 4.75. The Balaban J connectivity index is 1.81. The van der Waals surface area contributed by atoms with E-state index in [-0.39, 0.29) is 0 Å². The molecule has 1 aromatic rings. The summed E-state index contributed by atoms with van der Waals surface area (Å²) in [6.07, 6.45) is 4.07. The largest absolute Gasteiger partial charge is 0.356 e. The minimum Gasteiger partial charge on any atom is -0.356 e. The Kier molecular flexibility index (Phi) is 5.08. The van der Waals surface area contributed by atoms with Gasteiger partial charge in [-0.25, -0.2) is 0 Å². The molecule has 0 bridgehead atoms. The van der Waals surface area contributed by atoms with Crippen LogP contribution < -0.4 is 5.32 Å². The van der Waals surface area contributed by atoms with Gasteiger partial charge in [-0.2, -0.15) is 0 Å². The molecule has 104 valence electrons. The van der Waals surface area contributed by atoms with Crippen molar-refractivity contribution in [1.29, 1.82) is 0 Å². The highest BCUT2D eigenvalue weighted by atomic mass is 35.5. The van der Waals surface area contributed by atoms with Crippen LogP contribution in [0, 0.1) is 5.92 Å². The van der Waals surface area contributed by atoms with E-state index in [0.29, 0.717) is 0 Å². The number of hydrogen-bond donors (Lipinski definition) is 1. The predicted molar refractivity (Wildman–Crippen MR) is 81.6 cm³/mol. The molecule has 0 radical (unpaired) electrons. The maximum absolute atomic E-state index is 5.89. The molecule has 0 atom stereocenters. The standard InChI is InChI=1S/C15H22ClN3/c1-17-15(18-10-9-12-3-4-12)19(2)11-13-5-7-14(16)8-6-13/h5-8,12H,3-4,9-11H2,1-2H3,(H,17,18). The lowest BCUT2D eigenvalue weighted by atomic mass is 10.2. The van der Waals surface area contributed by atoms with Crippen LogP contribution in [-0.4, -0.2) is 31.5 Å². The van der Waals surface area contributed by atoms with Crippen LogP contribution in [0.2, 0.25) is 5.02 Å². The highest BCUT2D eigenvalue weighted by molar-refractivity contribution is 6.30. The third-order valence-electron chi connectivity index (χ3n) is 3.44. The fraction of sp³-hybridized carbons (Fsp3) is 0.533. The predicted octanol–water partition coefficient (Wildman–Crippen LogP) is 3.15. The second kappa shape index (κ2) is 6.80.